The average molecular weight is 350 g/mol. The molecule has 26 heavy (non-hydrogen) atoms. The van der Waals surface area contributed by atoms with E-state index in [1.807, 2.05) is 4.90 Å². The molecule has 5 heteroatoms. The fourth-order valence-electron chi connectivity index (χ4n) is 4.00. The third-order valence-corrected chi connectivity index (χ3v) is 5.49. The second kappa shape index (κ2) is 7.16. The van der Waals surface area contributed by atoms with Gasteiger partial charge in [-0.15, -0.1) is 0 Å². The molecule has 1 amide bonds. The number of nitrogens with zero attached hydrogens (tertiary/aromatic N) is 3. The highest BCUT2D eigenvalue weighted by atomic mass is 16.2. The van der Waals surface area contributed by atoms with Crippen LogP contribution in [0.2, 0.25) is 0 Å². The first-order valence-electron chi connectivity index (χ1n) is 9.56. The molecule has 2 aliphatic rings. The first-order chi connectivity index (χ1) is 12.6. The average Bonchev–Trinajstić information content (AvgIpc) is 3.15. The van der Waals surface area contributed by atoms with Gasteiger partial charge in [0.1, 0.15) is 11.6 Å². The number of carbonyl (C=O) groups is 1. The number of fused-ring (bicyclic) bond motifs is 1. The van der Waals surface area contributed by atoms with Crippen molar-refractivity contribution < 1.29 is 4.79 Å². The Labute approximate surface area is 154 Å². The van der Waals surface area contributed by atoms with Crippen LogP contribution in [0.3, 0.4) is 0 Å². The Morgan fingerprint density at radius 3 is 2.88 bits per heavy atom. The van der Waals surface area contributed by atoms with Crippen molar-refractivity contribution >= 4 is 11.7 Å². The molecule has 2 aliphatic heterocycles. The third kappa shape index (κ3) is 3.36. The van der Waals surface area contributed by atoms with E-state index in [2.05, 4.69) is 43.4 Å². The number of carbonyl (C=O) groups excluding carboxylic acids is 1. The first kappa shape index (κ1) is 17.2. The molecule has 0 aliphatic carbocycles. The molecule has 0 unspecified atom stereocenters. The smallest absolute Gasteiger partial charge is 0.228 e. The maximum absolute atomic E-state index is 12.6. The van der Waals surface area contributed by atoms with Gasteiger partial charge in [-0.05, 0) is 45.2 Å². The van der Waals surface area contributed by atoms with Crippen LogP contribution in [0.4, 0.5) is 5.82 Å². The molecule has 3 heterocycles. The highest BCUT2D eigenvalue weighted by Gasteiger charge is 2.29. The molecule has 1 N–H and O–H groups in total. The summed E-state index contributed by atoms with van der Waals surface area (Å²) in [7, 11) is 0. The molecule has 0 saturated carbocycles. The monoisotopic (exact) mass is 350 g/mol. The van der Waals surface area contributed by atoms with Crippen LogP contribution >= 0.6 is 0 Å². The fourth-order valence-corrected chi connectivity index (χ4v) is 4.00. The zero-order valence-electron chi connectivity index (χ0n) is 15.6. The van der Waals surface area contributed by atoms with Crippen LogP contribution in [0.5, 0.6) is 0 Å². The minimum atomic E-state index is 0.179. The van der Waals surface area contributed by atoms with E-state index in [0.717, 1.165) is 55.3 Å². The highest BCUT2D eigenvalue weighted by molar-refractivity contribution is 5.95. The Bertz CT molecular complexity index is 827. The van der Waals surface area contributed by atoms with E-state index in [0.29, 0.717) is 18.9 Å². The molecular weight excluding hydrogens is 324 g/mol. The highest BCUT2D eigenvalue weighted by Crippen LogP contribution is 2.30. The summed E-state index contributed by atoms with van der Waals surface area (Å²) in [6.07, 6.45) is 3.21. The maximum Gasteiger partial charge on any atom is 0.228 e. The summed E-state index contributed by atoms with van der Waals surface area (Å²) in [5, 5.41) is 3.38. The lowest BCUT2D eigenvalue weighted by Gasteiger charge is -2.30. The van der Waals surface area contributed by atoms with Crippen LogP contribution in [0.1, 0.15) is 47.0 Å². The number of rotatable bonds is 4. The molecule has 0 spiro atoms. The van der Waals surface area contributed by atoms with Gasteiger partial charge in [0.2, 0.25) is 5.91 Å². The van der Waals surface area contributed by atoms with Crippen molar-refractivity contribution in [1.29, 1.82) is 0 Å². The van der Waals surface area contributed by atoms with E-state index in [1.54, 1.807) is 0 Å². The predicted molar refractivity (Wildman–Crippen MR) is 103 cm³/mol. The molecule has 0 radical (unpaired) electrons. The van der Waals surface area contributed by atoms with Crippen LogP contribution < -0.4 is 10.2 Å². The molecule has 5 nitrogen and oxygen atoms in total. The van der Waals surface area contributed by atoms with Crippen molar-refractivity contribution in [2.24, 2.45) is 0 Å². The lowest BCUT2D eigenvalue weighted by Crippen LogP contribution is -2.38. The second-order valence-electron chi connectivity index (χ2n) is 7.44. The van der Waals surface area contributed by atoms with E-state index in [-0.39, 0.29) is 5.91 Å². The Morgan fingerprint density at radius 1 is 1.23 bits per heavy atom. The summed E-state index contributed by atoms with van der Waals surface area (Å²) in [6, 6.07) is 8.50. The molecule has 4 rings (SSSR count). The van der Waals surface area contributed by atoms with Gasteiger partial charge in [-0.2, -0.15) is 0 Å². The van der Waals surface area contributed by atoms with Crippen molar-refractivity contribution in [1.82, 2.24) is 15.3 Å². The lowest BCUT2D eigenvalue weighted by atomic mass is 10.0. The van der Waals surface area contributed by atoms with Crippen LogP contribution in [0, 0.1) is 13.8 Å². The van der Waals surface area contributed by atoms with Crippen molar-refractivity contribution in [2.75, 3.05) is 24.5 Å². The van der Waals surface area contributed by atoms with Gasteiger partial charge in [-0.25, -0.2) is 9.97 Å². The summed E-state index contributed by atoms with van der Waals surface area (Å²) in [5.41, 5.74) is 4.69. The Morgan fingerprint density at radius 2 is 2.12 bits per heavy atom. The number of hydrogen-bond donors (Lipinski definition) is 1. The summed E-state index contributed by atoms with van der Waals surface area (Å²) >= 11 is 0. The van der Waals surface area contributed by atoms with Gasteiger partial charge in [0.25, 0.3) is 0 Å². The van der Waals surface area contributed by atoms with E-state index in [4.69, 9.17) is 9.97 Å². The summed E-state index contributed by atoms with van der Waals surface area (Å²) < 4.78 is 0. The molecule has 136 valence electrons. The predicted octanol–water partition coefficient (Wildman–Crippen LogP) is 2.69. The van der Waals surface area contributed by atoms with Crippen LogP contribution in [0.15, 0.2) is 24.3 Å². The van der Waals surface area contributed by atoms with Crippen molar-refractivity contribution in [3.8, 4) is 0 Å². The first-order valence-corrected chi connectivity index (χ1v) is 9.56. The summed E-state index contributed by atoms with van der Waals surface area (Å²) in [6.45, 7) is 6.77. The van der Waals surface area contributed by atoms with Gasteiger partial charge < -0.3 is 5.32 Å². The quantitative estimate of drug-likeness (QED) is 0.921. The normalized spacial score (nSPS) is 19.7. The van der Waals surface area contributed by atoms with E-state index < -0.39 is 0 Å². The number of anilines is 1. The number of nitrogens with one attached hydrogen (secondary N) is 1. The van der Waals surface area contributed by atoms with Gasteiger partial charge in [0.15, 0.2) is 0 Å². The molecule has 1 aromatic heterocycles. The largest absolute Gasteiger partial charge is 0.316 e. The Kier molecular flexibility index (Phi) is 4.72. The number of amides is 1. The SMILES string of the molecule is Cc1cccc(CCN2C(=O)CCc3c(C)nc([C@@H]4CCNC4)nc32)c1. The Hall–Kier alpha value is -2.27. The molecule has 2 aromatic rings. The van der Waals surface area contributed by atoms with Gasteiger partial charge in [-0.3, -0.25) is 9.69 Å². The number of aryl methyl sites for hydroxylation is 2. The van der Waals surface area contributed by atoms with Gasteiger partial charge in [0, 0.05) is 36.7 Å². The van der Waals surface area contributed by atoms with Gasteiger partial charge in [0.05, 0.1) is 0 Å². The molecule has 1 aromatic carbocycles. The van der Waals surface area contributed by atoms with Crippen LogP contribution in [-0.4, -0.2) is 35.5 Å². The topological polar surface area (TPSA) is 58.1 Å². The Balaban J connectivity index is 1.62. The second-order valence-corrected chi connectivity index (χ2v) is 7.44. The lowest BCUT2D eigenvalue weighted by molar-refractivity contribution is -0.118. The zero-order valence-corrected chi connectivity index (χ0v) is 15.6. The number of aromatic nitrogens is 2. The van der Waals surface area contributed by atoms with Crippen LogP contribution in [-0.2, 0) is 17.6 Å². The van der Waals surface area contributed by atoms with Crippen molar-refractivity contribution in [3.63, 3.8) is 0 Å². The van der Waals surface area contributed by atoms with Crippen molar-refractivity contribution in [2.45, 2.75) is 45.4 Å². The minimum Gasteiger partial charge on any atom is -0.316 e. The summed E-state index contributed by atoms with van der Waals surface area (Å²) in [4.78, 5) is 24.2. The fraction of sp³-hybridized carbons (Fsp3) is 0.476. The van der Waals surface area contributed by atoms with Gasteiger partial charge in [-0.1, -0.05) is 29.8 Å². The van der Waals surface area contributed by atoms with Crippen molar-refractivity contribution in [3.05, 3.63) is 52.5 Å². The summed E-state index contributed by atoms with van der Waals surface area (Å²) in [5.74, 6) is 2.28. The molecule has 0 bridgehead atoms. The standard InChI is InChI=1S/C21H26N4O/c1-14-4-3-5-16(12-14)9-11-25-19(26)7-6-18-15(2)23-20(24-21(18)25)17-8-10-22-13-17/h3-5,12,17,22H,6-11,13H2,1-2H3/t17-/m1/s1. The number of benzene rings is 1. The van der Waals surface area contributed by atoms with Crippen LogP contribution in [0.25, 0.3) is 0 Å². The molecule has 1 fully saturated rings. The van der Waals surface area contributed by atoms with E-state index >= 15 is 0 Å². The molecule has 1 saturated heterocycles. The molecule has 1 atom stereocenters. The maximum atomic E-state index is 12.6. The zero-order chi connectivity index (χ0) is 18.1. The number of hydrogen-bond acceptors (Lipinski definition) is 4. The van der Waals surface area contributed by atoms with E-state index in [1.165, 1.54) is 11.1 Å². The minimum absolute atomic E-state index is 0.179. The third-order valence-electron chi connectivity index (χ3n) is 5.49. The van der Waals surface area contributed by atoms with Gasteiger partial charge >= 0.3 is 0 Å². The molecular formula is C21H26N4O. The van der Waals surface area contributed by atoms with E-state index in [9.17, 15) is 4.79 Å².